The molecule has 2 aliphatic rings. The molecular weight excluding hydrogens is 316 g/mol. The molecule has 4 rings (SSSR count). The number of hydrogen-bond acceptors (Lipinski definition) is 3. The average molecular weight is 336 g/mol. The van der Waals surface area contributed by atoms with E-state index in [1.54, 1.807) is 19.2 Å². The van der Waals surface area contributed by atoms with E-state index in [0.717, 1.165) is 41.9 Å². The van der Waals surface area contributed by atoms with Gasteiger partial charge >= 0.3 is 0 Å². The van der Waals surface area contributed by atoms with Crippen molar-refractivity contribution in [3.63, 3.8) is 0 Å². The van der Waals surface area contributed by atoms with Gasteiger partial charge < -0.3 is 15.0 Å². The minimum atomic E-state index is -0.214. The van der Waals surface area contributed by atoms with E-state index in [1.807, 2.05) is 36.1 Å². The number of nitrogens with one attached hydrogen (secondary N) is 1. The summed E-state index contributed by atoms with van der Waals surface area (Å²) in [5.41, 5.74) is 4.42. The van der Waals surface area contributed by atoms with Crippen molar-refractivity contribution in [3.8, 4) is 5.75 Å². The second-order valence-corrected chi connectivity index (χ2v) is 6.54. The third kappa shape index (κ3) is 2.47. The van der Waals surface area contributed by atoms with Gasteiger partial charge in [-0.1, -0.05) is 12.1 Å². The molecule has 1 atom stereocenters. The molecule has 2 aromatic carbocycles. The Morgan fingerprint density at radius 1 is 1.28 bits per heavy atom. The van der Waals surface area contributed by atoms with Crippen LogP contribution in [0.2, 0.25) is 0 Å². The first-order chi connectivity index (χ1) is 12.1. The van der Waals surface area contributed by atoms with Crippen molar-refractivity contribution >= 4 is 23.2 Å². The molecule has 25 heavy (non-hydrogen) atoms. The lowest BCUT2D eigenvalue weighted by atomic mass is 9.96. The van der Waals surface area contributed by atoms with Crippen LogP contribution in [0.4, 0.5) is 11.4 Å². The molecule has 1 N–H and O–H groups in total. The lowest BCUT2D eigenvalue weighted by molar-refractivity contribution is -0.119. The van der Waals surface area contributed by atoms with Gasteiger partial charge in [0.1, 0.15) is 5.75 Å². The fourth-order valence-electron chi connectivity index (χ4n) is 3.80. The first-order valence-electron chi connectivity index (χ1n) is 8.52. The minimum Gasteiger partial charge on any atom is -0.496 e. The van der Waals surface area contributed by atoms with Gasteiger partial charge in [0.25, 0.3) is 5.91 Å². The van der Waals surface area contributed by atoms with Crippen LogP contribution in [0.5, 0.6) is 5.75 Å². The highest BCUT2D eigenvalue weighted by Gasteiger charge is 2.37. The Kier molecular flexibility index (Phi) is 3.71. The van der Waals surface area contributed by atoms with Crippen molar-refractivity contribution in [2.24, 2.45) is 0 Å². The summed E-state index contributed by atoms with van der Waals surface area (Å²) in [5.74, 6) is 0.325. The van der Waals surface area contributed by atoms with Crippen molar-refractivity contribution in [2.75, 3.05) is 23.9 Å². The van der Waals surface area contributed by atoms with Crippen molar-refractivity contribution in [2.45, 2.75) is 25.7 Å². The predicted molar refractivity (Wildman–Crippen MR) is 96.5 cm³/mol. The Balaban J connectivity index is 1.69. The zero-order chi connectivity index (χ0) is 17.6. The third-order valence-electron chi connectivity index (χ3n) is 5.03. The van der Waals surface area contributed by atoms with Gasteiger partial charge in [-0.3, -0.25) is 9.59 Å². The quantitative estimate of drug-likeness (QED) is 0.935. The number of carbonyl (C=O) groups excluding carboxylic acids is 2. The number of rotatable bonds is 3. The van der Waals surface area contributed by atoms with Crippen molar-refractivity contribution in [3.05, 3.63) is 53.1 Å². The lowest BCUT2D eigenvalue weighted by Gasteiger charge is -2.26. The summed E-state index contributed by atoms with van der Waals surface area (Å²) in [4.78, 5) is 27.0. The van der Waals surface area contributed by atoms with Crippen molar-refractivity contribution < 1.29 is 14.3 Å². The Hall–Kier alpha value is -2.82. The minimum absolute atomic E-state index is 0.157. The number of benzene rings is 2. The summed E-state index contributed by atoms with van der Waals surface area (Å²) in [7, 11) is 1.55. The van der Waals surface area contributed by atoms with E-state index < -0.39 is 0 Å². The maximum absolute atomic E-state index is 12.6. The zero-order valence-corrected chi connectivity index (χ0v) is 14.3. The fourth-order valence-corrected chi connectivity index (χ4v) is 3.80. The second kappa shape index (κ2) is 5.92. The van der Waals surface area contributed by atoms with Gasteiger partial charge in [0, 0.05) is 12.2 Å². The van der Waals surface area contributed by atoms with E-state index in [1.165, 1.54) is 0 Å². The van der Waals surface area contributed by atoms with Gasteiger partial charge in [0.05, 0.1) is 24.3 Å². The van der Waals surface area contributed by atoms with E-state index >= 15 is 0 Å². The lowest BCUT2D eigenvalue weighted by Crippen LogP contribution is -2.32. The van der Waals surface area contributed by atoms with Crippen LogP contribution in [0.25, 0.3) is 0 Å². The van der Waals surface area contributed by atoms with Crippen molar-refractivity contribution in [1.82, 2.24) is 0 Å². The number of carbonyl (C=O) groups is 2. The van der Waals surface area contributed by atoms with Crippen LogP contribution in [-0.4, -0.2) is 25.5 Å². The molecule has 0 unspecified atom stereocenters. The largest absolute Gasteiger partial charge is 0.496 e. The molecule has 0 aliphatic carbocycles. The van der Waals surface area contributed by atoms with Gasteiger partial charge in [-0.05, 0) is 55.2 Å². The van der Waals surface area contributed by atoms with Crippen LogP contribution in [0.3, 0.4) is 0 Å². The summed E-state index contributed by atoms with van der Waals surface area (Å²) in [6.45, 7) is 2.72. The van der Waals surface area contributed by atoms with E-state index in [4.69, 9.17) is 4.74 Å². The SMILES string of the molecule is COc1ccccc1C(=O)Nc1cc2c3c(c1)[C@@H](C)C(=O)N3CCC2. The van der Waals surface area contributed by atoms with Gasteiger partial charge in [0.15, 0.2) is 0 Å². The molecule has 0 radical (unpaired) electrons. The van der Waals surface area contributed by atoms with Crippen LogP contribution in [0.1, 0.15) is 40.7 Å². The Labute approximate surface area is 146 Å². The summed E-state index contributed by atoms with van der Waals surface area (Å²) >= 11 is 0. The van der Waals surface area contributed by atoms with E-state index in [0.29, 0.717) is 11.3 Å². The van der Waals surface area contributed by atoms with Crippen LogP contribution >= 0.6 is 0 Å². The van der Waals surface area contributed by atoms with Crippen LogP contribution in [0, 0.1) is 0 Å². The first-order valence-corrected chi connectivity index (χ1v) is 8.52. The molecule has 0 saturated carbocycles. The molecule has 2 heterocycles. The number of aryl methyl sites for hydroxylation is 1. The summed E-state index contributed by atoms with van der Waals surface area (Å²) in [5, 5.41) is 2.96. The van der Waals surface area contributed by atoms with Gasteiger partial charge in [0.2, 0.25) is 5.91 Å². The van der Waals surface area contributed by atoms with Crippen LogP contribution in [0.15, 0.2) is 36.4 Å². The molecule has 5 nitrogen and oxygen atoms in total. The molecule has 2 amide bonds. The van der Waals surface area contributed by atoms with Gasteiger partial charge in [-0.15, -0.1) is 0 Å². The molecule has 0 bridgehead atoms. The number of ether oxygens (including phenoxy) is 1. The summed E-state index contributed by atoms with van der Waals surface area (Å²) in [6, 6.07) is 11.1. The Morgan fingerprint density at radius 3 is 2.88 bits per heavy atom. The molecule has 0 fully saturated rings. The predicted octanol–water partition coefficient (Wildman–Crippen LogP) is 3.34. The van der Waals surface area contributed by atoms with Crippen LogP contribution in [-0.2, 0) is 11.2 Å². The molecule has 128 valence electrons. The first kappa shape index (κ1) is 15.7. The highest BCUT2D eigenvalue weighted by Crippen LogP contribution is 2.44. The van der Waals surface area contributed by atoms with Gasteiger partial charge in [-0.2, -0.15) is 0 Å². The number of para-hydroxylation sites is 1. The maximum atomic E-state index is 12.6. The molecular formula is C20H20N2O3. The average Bonchev–Trinajstić information content (AvgIpc) is 2.88. The molecule has 0 saturated heterocycles. The molecule has 2 aliphatic heterocycles. The molecule has 0 spiro atoms. The van der Waals surface area contributed by atoms with Gasteiger partial charge in [-0.25, -0.2) is 0 Å². The van der Waals surface area contributed by atoms with E-state index in [9.17, 15) is 9.59 Å². The Morgan fingerprint density at radius 2 is 2.08 bits per heavy atom. The fraction of sp³-hybridized carbons (Fsp3) is 0.300. The molecule has 2 aromatic rings. The monoisotopic (exact) mass is 336 g/mol. The number of nitrogens with zero attached hydrogens (tertiary/aromatic N) is 1. The third-order valence-corrected chi connectivity index (χ3v) is 5.03. The zero-order valence-electron chi connectivity index (χ0n) is 14.3. The Bertz CT molecular complexity index is 875. The van der Waals surface area contributed by atoms with E-state index in [-0.39, 0.29) is 17.7 Å². The smallest absolute Gasteiger partial charge is 0.259 e. The topological polar surface area (TPSA) is 58.6 Å². The van der Waals surface area contributed by atoms with Crippen LogP contribution < -0.4 is 15.0 Å². The summed E-state index contributed by atoms with van der Waals surface area (Å²) in [6.07, 6.45) is 1.88. The second-order valence-electron chi connectivity index (χ2n) is 6.54. The number of hydrogen-bond donors (Lipinski definition) is 1. The summed E-state index contributed by atoms with van der Waals surface area (Å²) < 4.78 is 5.27. The normalized spacial score (nSPS) is 18.1. The number of methoxy groups -OCH3 is 1. The maximum Gasteiger partial charge on any atom is 0.259 e. The number of amides is 2. The highest BCUT2D eigenvalue weighted by atomic mass is 16.5. The van der Waals surface area contributed by atoms with Crippen molar-refractivity contribution in [1.29, 1.82) is 0 Å². The highest BCUT2D eigenvalue weighted by molar-refractivity contribution is 6.09. The van der Waals surface area contributed by atoms with E-state index in [2.05, 4.69) is 5.32 Å². The molecule has 5 heteroatoms. The standard InChI is InChI=1S/C20H20N2O3/c1-12-16-11-14(10-13-6-5-9-22(18(13)16)20(12)24)21-19(23)15-7-3-4-8-17(15)25-2/h3-4,7-8,10-12H,5-6,9H2,1-2H3,(H,21,23)/t12-/m1/s1. The molecule has 0 aromatic heterocycles. The number of anilines is 2.